The second-order valence-electron chi connectivity index (χ2n) is 21.8. The van der Waals surface area contributed by atoms with Gasteiger partial charge in [-0.25, -0.2) is 9.97 Å². The number of hydrogen-bond donors (Lipinski definition) is 0. The average Bonchev–Trinajstić information content (AvgIpc) is 2.16. The molecular weight excluding hydrogens is 1020 g/mol. The van der Waals surface area contributed by atoms with Gasteiger partial charge in [0.05, 0.1) is 11.4 Å². The lowest BCUT2D eigenvalue weighted by Gasteiger charge is -2.47. The Hall–Kier alpha value is -9.85. The molecule has 2 unspecified atom stereocenters. The minimum Gasteiger partial charge on any atom is -0.228 e. The lowest BCUT2D eigenvalue weighted by Crippen LogP contribution is -2.75. The van der Waals surface area contributed by atoms with Crippen molar-refractivity contribution >= 4 is 57.6 Å². The van der Waals surface area contributed by atoms with Crippen LogP contribution in [0.5, 0.6) is 0 Å². The molecule has 3 aliphatic rings. The monoisotopic (exact) mass is 1080 g/mol. The van der Waals surface area contributed by atoms with Crippen LogP contribution in [0.4, 0.5) is 0 Å². The number of nitrogens with zero attached hydrogens (tertiary/aromatic N) is 2. The van der Waals surface area contributed by atoms with Gasteiger partial charge in [-0.2, -0.15) is 0 Å². The van der Waals surface area contributed by atoms with Crippen molar-refractivity contribution in [1.29, 1.82) is 0 Å². The van der Waals surface area contributed by atoms with Crippen LogP contribution in [0.2, 0.25) is 0 Å². The second kappa shape index (κ2) is 20.7. The maximum Gasteiger partial charge on any atom is 0.179 e. The summed E-state index contributed by atoms with van der Waals surface area (Å²) in [7, 11) is -5.84. The van der Waals surface area contributed by atoms with E-state index in [1.54, 1.807) is 0 Å². The molecule has 1 aromatic heterocycles. The quantitative estimate of drug-likeness (QED) is 0.0900. The number of hydrogen-bond acceptors (Lipinski definition) is 2. The summed E-state index contributed by atoms with van der Waals surface area (Å²) in [6.45, 7) is 0. The maximum absolute atomic E-state index is 5.58. The molecule has 386 valence electrons. The van der Waals surface area contributed by atoms with Crippen molar-refractivity contribution in [2.24, 2.45) is 0 Å². The number of aromatic nitrogens is 2. The van der Waals surface area contributed by atoms with Crippen molar-refractivity contribution in [3.05, 3.63) is 361 Å². The fourth-order valence-corrected chi connectivity index (χ4v) is 24.1. The molecule has 2 bridgehead atoms. The second-order valence-corrected chi connectivity index (χ2v) is 29.3. The molecule has 82 heavy (non-hydrogen) atoms. The van der Waals surface area contributed by atoms with E-state index in [-0.39, 0.29) is 11.8 Å². The summed E-state index contributed by atoms with van der Waals surface area (Å²) in [5.74, 6) is 0.700. The first-order valence-corrected chi connectivity index (χ1v) is 32.5. The molecular formula is C78H56N2Si2. The predicted molar refractivity (Wildman–Crippen MR) is 346 cm³/mol. The van der Waals surface area contributed by atoms with Gasteiger partial charge in [0.25, 0.3) is 0 Å². The molecule has 0 aliphatic heterocycles. The van der Waals surface area contributed by atoms with E-state index in [0.29, 0.717) is 5.82 Å². The smallest absolute Gasteiger partial charge is 0.179 e. The van der Waals surface area contributed by atoms with Gasteiger partial charge in [0.15, 0.2) is 22.0 Å². The van der Waals surface area contributed by atoms with E-state index >= 15 is 0 Å². The van der Waals surface area contributed by atoms with E-state index in [9.17, 15) is 0 Å². The Bertz CT molecular complexity index is 4250. The Kier molecular flexibility index (Phi) is 12.4. The van der Waals surface area contributed by atoms with Crippen LogP contribution in [0.3, 0.4) is 0 Å². The molecule has 2 atom stereocenters. The van der Waals surface area contributed by atoms with Crippen LogP contribution in [0.1, 0.15) is 45.2 Å². The van der Waals surface area contributed by atoms with Crippen LogP contribution in [0, 0.1) is 0 Å². The van der Waals surface area contributed by atoms with E-state index in [4.69, 9.17) is 9.97 Å². The summed E-state index contributed by atoms with van der Waals surface area (Å²) in [5, 5.41) is 10.9. The van der Waals surface area contributed by atoms with E-state index in [2.05, 4.69) is 328 Å². The van der Waals surface area contributed by atoms with Crippen molar-refractivity contribution in [3.63, 3.8) is 0 Å². The topological polar surface area (TPSA) is 25.8 Å². The van der Waals surface area contributed by atoms with E-state index < -0.39 is 16.1 Å². The number of benzene rings is 12. The molecule has 13 aromatic rings. The third-order valence-corrected chi connectivity index (χ3v) is 27.2. The standard InChI is InChI=1S/C78H56N2Si2/c1-8-29-55(30-9-1)78-79-71(56-31-26-44-63(53-56)81(57-32-10-2-11-33-57,58-34-12-3-13-35-58)59-36-14-4-15-37-59)54-72(80-78)65-46-23-22-45-64(65)66-49-27-50-69-74-67-47-24-25-48-68(67)77(75(66)69)76-70(74)51-28-52-73(76)82(60-38-16-5-17-39-60,61-40-18-6-19-41-61)62-42-20-7-21-43-62/h1-54,74,77H. The van der Waals surface area contributed by atoms with Crippen LogP contribution < -0.4 is 41.5 Å². The van der Waals surface area contributed by atoms with Crippen molar-refractivity contribution in [3.8, 4) is 45.0 Å². The first kappa shape index (κ1) is 49.2. The highest BCUT2D eigenvalue weighted by molar-refractivity contribution is 7.20. The lowest BCUT2D eigenvalue weighted by molar-refractivity contribution is 0.760. The van der Waals surface area contributed by atoms with Gasteiger partial charge in [-0.15, -0.1) is 0 Å². The molecule has 0 amide bonds. The van der Waals surface area contributed by atoms with Gasteiger partial charge in [-0.1, -0.05) is 322 Å². The molecule has 2 nitrogen and oxygen atoms in total. The first-order chi connectivity index (χ1) is 40.7. The van der Waals surface area contributed by atoms with Crippen LogP contribution in [-0.4, -0.2) is 26.1 Å². The summed E-state index contributed by atoms with van der Waals surface area (Å²) in [6.07, 6.45) is 0. The Morgan fingerprint density at radius 1 is 0.232 bits per heavy atom. The van der Waals surface area contributed by atoms with Crippen molar-refractivity contribution in [1.82, 2.24) is 9.97 Å². The van der Waals surface area contributed by atoms with E-state index in [1.165, 1.54) is 80.4 Å². The van der Waals surface area contributed by atoms with E-state index in [1.807, 2.05) is 0 Å². The normalized spacial score (nSPS) is 14.1. The predicted octanol–water partition coefficient (Wildman–Crippen LogP) is 12.9. The summed E-state index contributed by atoms with van der Waals surface area (Å²) < 4.78 is 0. The third kappa shape index (κ3) is 7.89. The SMILES string of the molecule is c1ccc(-c2nc(-c3cccc([Si](c4ccccc4)(c4ccccc4)c4ccccc4)c3)cc(-c3ccccc3-c3cccc4c3C3c5ccccc5C4c4cccc([Si](c5ccccc5)(c5ccccc5)c5ccccc5)c43)n2)cc1. The minimum atomic E-state index is -2.99. The Morgan fingerprint density at radius 3 is 1.13 bits per heavy atom. The van der Waals surface area contributed by atoms with Crippen LogP contribution >= 0.6 is 0 Å². The van der Waals surface area contributed by atoms with Gasteiger partial charge in [-0.05, 0) is 92.1 Å². The van der Waals surface area contributed by atoms with Crippen LogP contribution in [0.15, 0.2) is 328 Å². The van der Waals surface area contributed by atoms with Gasteiger partial charge >= 0.3 is 0 Å². The molecule has 16 rings (SSSR count). The summed E-state index contributed by atoms with van der Waals surface area (Å²) >= 11 is 0. The highest BCUT2D eigenvalue weighted by atomic mass is 28.3. The molecule has 4 heteroatoms. The molecule has 1 heterocycles. The Balaban J connectivity index is 0.949. The van der Waals surface area contributed by atoms with Crippen molar-refractivity contribution in [2.75, 3.05) is 0 Å². The largest absolute Gasteiger partial charge is 0.228 e. The molecule has 0 saturated carbocycles. The van der Waals surface area contributed by atoms with Crippen LogP contribution in [0.25, 0.3) is 45.0 Å². The Labute approximate surface area is 482 Å². The lowest BCUT2D eigenvalue weighted by atomic mass is 9.60. The highest BCUT2D eigenvalue weighted by Gasteiger charge is 2.50. The van der Waals surface area contributed by atoms with Gasteiger partial charge in [0, 0.05) is 28.5 Å². The van der Waals surface area contributed by atoms with Gasteiger partial charge in [0.2, 0.25) is 0 Å². The maximum atomic E-state index is 5.58. The Morgan fingerprint density at radius 2 is 0.598 bits per heavy atom. The first-order valence-electron chi connectivity index (χ1n) is 28.5. The molecule has 0 fully saturated rings. The third-order valence-electron chi connectivity index (χ3n) is 17.6. The molecule has 0 radical (unpaired) electrons. The van der Waals surface area contributed by atoms with Gasteiger partial charge in [0.1, 0.15) is 0 Å². The van der Waals surface area contributed by atoms with E-state index in [0.717, 1.165) is 33.6 Å². The molecule has 3 aliphatic carbocycles. The van der Waals surface area contributed by atoms with Gasteiger partial charge in [-0.3, -0.25) is 0 Å². The zero-order valence-electron chi connectivity index (χ0n) is 45.2. The molecule has 0 spiro atoms. The summed E-state index contributed by atoms with van der Waals surface area (Å²) in [5.41, 5.74) is 15.6. The van der Waals surface area contributed by atoms with Gasteiger partial charge < -0.3 is 0 Å². The minimum absolute atomic E-state index is 0.0403. The zero-order chi connectivity index (χ0) is 54.5. The summed E-state index contributed by atoms with van der Waals surface area (Å²) in [4.78, 5) is 11.1. The summed E-state index contributed by atoms with van der Waals surface area (Å²) in [6, 6.07) is 122. The highest BCUT2D eigenvalue weighted by Crippen LogP contribution is 2.58. The zero-order valence-corrected chi connectivity index (χ0v) is 47.2. The average molecular weight is 1080 g/mol. The number of rotatable bonds is 12. The molecule has 12 aromatic carbocycles. The van der Waals surface area contributed by atoms with Crippen molar-refractivity contribution in [2.45, 2.75) is 11.8 Å². The molecule has 0 N–H and O–H groups in total. The fraction of sp³-hybridized carbons (Fsp3) is 0.0256. The van der Waals surface area contributed by atoms with Crippen molar-refractivity contribution < 1.29 is 0 Å². The molecule has 0 saturated heterocycles. The van der Waals surface area contributed by atoms with Crippen LogP contribution in [-0.2, 0) is 0 Å². The fourth-order valence-electron chi connectivity index (χ4n) is 14.3.